The molecule has 1 aliphatic rings. The Bertz CT molecular complexity index is 817. The van der Waals surface area contributed by atoms with Crippen molar-refractivity contribution < 1.29 is 18.7 Å². The molecule has 0 spiro atoms. The van der Waals surface area contributed by atoms with Crippen LogP contribution in [0.1, 0.15) is 38.3 Å². The molecule has 158 valence electrons. The van der Waals surface area contributed by atoms with Crippen LogP contribution in [0.15, 0.2) is 21.0 Å². The van der Waals surface area contributed by atoms with Crippen molar-refractivity contribution in [2.24, 2.45) is 0 Å². The Morgan fingerprint density at radius 1 is 1.31 bits per heavy atom. The molecule has 1 aliphatic heterocycles. The Hall–Kier alpha value is -2.27. The zero-order valence-electron chi connectivity index (χ0n) is 16.5. The van der Waals surface area contributed by atoms with Crippen LogP contribution in [-0.4, -0.2) is 52.7 Å². The summed E-state index contributed by atoms with van der Waals surface area (Å²) in [6.45, 7) is 5.32. The van der Waals surface area contributed by atoms with Gasteiger partial charge in [0, 0.05) is 25.6 Å². The van der Waals surface area contributed by atoms with Gasteiger partial charge in [0.1, 0.15) is 5.76 Å². The van der Waals surface area contributed by atoms with Crippen LogP contribution in [0, 0.1) is 0 Å². The fraction of sp³-hybridized carbons (Fsp3) is 0.556. The topological polar surface area (TPSA) is 110 Å². The molecule has 3 rings (SSSR count). The van der Waals surface area contributed by atoms with Crippen LogP contribution in [0.2, 0.25) is 0 Å². The number of thiazole rings is 1. The maximum atomic E-state index is 12.2. The van der Waals surface area contributed by atoms with Crippen LogP contribution < -0.4 is 10.6 Å². The van der Waals surface area contributed by atoms with E-state index < -0.39 is 0 Å². The number of hydrogen-bond donors (Lipinski definition) is 2. The van der Waals surface area contributed by atoms with Gasteiger partial charge in [0.25, 0.3) is 0 Å². The van der Waals surface area contributed by atoms with Crippen molar-refractivity contribution in [3.05, 3.63) is 24.0 Å². The number of ether oxygens (including phenoxy) is 1. The number of aryl methyl sites for hydroxylation is 1. The van der Waals surface area contributed by atoms with Crippen molar-refractivity contribution in [3.63, 3.8) is 0 Å². The lowest BCUT2D eigenvalue weighted by Crippen LogP contribution is -2.47. The van der Waals surface area contributed by atoms with E-state index in [1.807, 2.05) is 6.92 Å². The van der Waals surface area contributed by atoms with Gasteiger partial charge in [-0.2, -0.15) is 0 Å². The first-order chi connectivity index (χ1) is 14.1. The number of urea groups is 1. The number of amides is 3. The zero-order chi connectivity index (χ0) is 20.6. The number of rotatable bonds is 7. The van der Waals surface area contributed by atoms with Crippen molar-refractivity contribution in [2.45, 2.75) is 49.1 Å². The van der Waals surface area contributed by atoms with Gasteiger partial charge in [-0.1, -0.05) is 18.3 Å². The van der Waals surface area contributed by atoms with Gasteiger partial charge in [0.2, 0.25) is 5.89 Å². The average molecular weight is 440 g/mol. The molecule has 0 unspecified atom stereocenters. The molecule has 2 aromatic rings. The molecule has 2 N–H and O–H groups in total. The minimum absolute atomic E-state index is 0.0206. The summed E-state index contributed by atoms with van der Waals surface area (Å²) in [5.74, 6) is 2.17. The molecular formula is C18H25N5O4S2. The third-order valence-electron chi connectivity index (χ3n) is 4.35. The van der Waals surface area contributed by atoms with E-state index in [0.717, 1.165) is 16.4 Å². The van der Waals surface area contributed by atoms with Gasteiger partial charge in [-0.25, -0.2) is 19.6 Å². The highest BCUT2D eigenvalue weighted by Gasteiger charge is 2.24. The van der Waals surface area contributed by atoms with Crippen LogP contribution in [0.4, 0.5) is 14.7 Å². The number of nitrogens with one attached hydrogen (secondary N) is 2. The lowest BCUT2D eigenvalue weighted by Gasteiger charge is -2.31. The number of hydrogen-bond acceptors (Lipinski definition) is 8. The maximum Gasteiger partial charge on any atom is 0.409 e. The normalized spacial score (nSPS) is 14.6. The zero-order valence-corrected chi connectivity index (χ0v) is 18.1. The van der Waals surface area contributed by atoms with Crippen molar-refractivity contribution in [1.29, 1.82) is 0 Å². The summed E-state index contributed by atoms with van der Waals surface area (Å²) in [6, 6.07) is -0.266. The van der Waals surface area contributed by atoms with Crippen LogP contribution >= 0.6 is 23.1 Å². The highest BCUT2D eigenvalue weighted by Crippen LogP contribution is 2.30. The second kappa shape index (κ2) is 10.5. The van der Waals surface area contributed by atoms with Gasteiger partial charge in [0.15, 0.2) is 5.13 Å². The molecule has 3 heterocycles. The van der Waals surface area contributed by atoms with E-state index in [-0.39, 0.29) is 18.2 Å². The number of carbonyl (C=O) groups is 2. The van der Waals surface area contributed by atoms with Gasteiger partial charge in [0.05, 0.1) is 29.0 Å². The van der Waals surface area contributed by atoms with Crippen LogP contribution in [0.25, 0.3) is 0 Å². The second-order valence-electron chi connectivity index (χ2n) is 6.41. The summed E-state index contributed by atoms with van der Waals surface area (Å²) in [7, 11) is 0. The first-order valence-corrected chi connectivity index (χ1v) is 11.4. The van der Waals surface area contributed by atoms with E-state index in [1.54, 1.807) is 36.0 Å². The molecule has 0 aromatic carbocycles. The maximum absolute atomic E-state index is 12.2. The molecule has 0 bridgehead atoms. The highest BCUT2D eigenvalue weighted by atomic mass is 32.2. The monoisotopic (exact) mass is 439 g/mol. The predicted molar refractivity (Wildman–Crippen MR) is 111 cm³/mol. The molecule has 3 amide bonds. The number of oxazole rings is 1. The molecular weight excluding hydrogens is 414 g/mol. The summed E-state index contributed by atoms with van der Waals surface area (Å²) < 4.78 is 11.6. The van der Waals surface area contributed by atoms with Gasteiger partial charge in [-0.15, -0.1) is 11.8 Å². The van der Waals surface area contributed by atoms with E-state index in [9.17, 15) is 9.59 Å². The molecule has 9 nitrogen and oxygen atoms in total. The average Bonchev–Trinajstić information content (AvgIpc) is 3.36. The first kappa shape index (κ1) is 21.4. The smallest absolute Gasteiger partial charge is 0.409 e. The van der Waals surface area contributed by atoms with Crippen molar-refractivity contribution in [2.75, 3.05) is 25.0 Å². The standard InChI is InChI=1S/C18H25N5O4S2/c1-3-13-9-19-14(27-13)11-28-15-10-20-17(29-15)22-16(24)21-12-5-7-23(8-6-12)18(25)26-4-2/h9-10,12H,3-8,11H2,1-2H3,(H2,20,21,22,24). The molecule has 29 heavy (non-hydrogen) atoms. The van der Waals surface area contributed by atoms with Crippen LogP contribution in [0.3, 0.4) is 0 Å². The van der Waals surface area contributed by atoms with Gasteiger partial charge in [-0.3, -0.25) is 5.32 Å². The van der Waals surface area contributed by atoms with E-state index in [4.69, 9.17) is 9.15 Å². The van der Waals surface area contributed by atoms with E-state index in [2.05, 4.69) is 20.6 Å². The Balaban J connectivity index is 1.39. The molecule has 11 heteroatoms. The van der Waals surface area contributed by atoms with Gasteiger partial charge < -0.3 is 19.4 Å². The Labute approximate surface area is 177 Å². The molecule has 1 fully saturated rings. The molecule has 0 saturated carbocycles. The molecule has 0 atom stereocenters. The van der Waals surface area contributed by atoms with Crippen molar-refractivity contribution in [3.8, 4) is 0 Å². The summed E-state index contributed by atoms with van der Waals surface area (Å²) in [4.78, 5) is 34.1. The Kier molecular flexibility index (Phi) is 7.76. The second-order valence-corrected chi connectivity index (χ2v) is 8.71. The third kappa shape index (κ3) is 6.36. The summed E-state index contributed by atoms with van der Waals surface area (Å²) in [5.41, 5.74) is 0. The molecule has 0 aliphatic carbocycles. The largest absolute Gasteiger partial charge is 0.450 e. The van der Waals surface area contributed by atoms with E-state index >= 15 is 0 Å². The Morgan fingerprint density at radius 2 is 2.10 bits per heavy atom. The predicted octanol–water partition coefficient (Wildman–Crippen LogP) is 3.73. The fourth-order valence-electron chi connectivity index (χ4n) is 2.83. The fourth-order valence-corrected chi connectivity index (χ4v) is 4.56. The molecule has 0 radical (unpaired) electrons. The number of aromatic nitrogens is 2. The lowest BCUT2D eigenvalue weighted by atomic mass is 10.1. The van der Waals surface area contributed by atoms with Crippen molar-refractivity contribution >= 4 is 40.4 Å². The first-order valence-electron chi connectivity index (χ1n) is 9.58. The number of anilines is 1. The number of nitrogens with zero attached hydrogens (tertiary/aromatic N) is 3. The lowest BCUT2D eigenvalue weighted by molar-refractivity contribution is 0.0959. The van der Waals surface area contributed by atoms with Crippen LogP contribution in [0.5, 0.6) is 0 Å². The molecule has 2 aromatic heterocycles. The van der Waals surface area contributed by atoms with E-state index in [1.165, 1.54) is 11.3 Å². The van der Waals surface area contributed by atoms with Crippen LogP contribution in [-0.2, 0) is 16.9 Å². The van der Waals surface area contributed by atoms with E-state index in [0.29, 0.717) is 49.3 Å². The summed E-state index contributed by atoms with van der Waals surface area (Å²) >= 11 is 2.97. The SMILES string of the molecule is CCOC(=O)N1CCC(NC(=O)Nc2ncc(SCc3ncc(CC)o3)s2)CC1. The highest BCUT2D eigenvalue weighted by molar-refractivity contribution is 8.00. The van der Waals surface area contributed by atoms with Crippen molar-refractivity contribution in [1.82, 2.24) is 20.2 Å². The Morgan fingerprint density at radius 3 is 2.79 bits per heavy atom. The van der Waals surface area contributed by atoms with Gasteiger partial charge >= 0.3 is 12.1 Å². The quantitative estimate of drug-likeness (QED) is 0.633. The minimum Gasteiger partial charge on any atom is -0.450 e. The minimum atomic E-state index is -0.293. The molecule has 1 saturated heterocycles. The van der Waals surface area contributed by atoms with Gasteiger partial charge in [-0.05, 0) is 19.8 Å². The number of piperidine rings is 1. The summed E-state index contributed by atoms with van der Waals surface area (Å²) in [6.07, 6.45) is 5.40. The third-order valence-corrected chi connectivity index (χ3v) is 6.44. The number of carbonyl (C=O) groups excluding carboxylic acids is 2. The number of likely N-dealkylation sites (tertiary alicyclic amines) is 1. The summed E-state index contributed by atoms with van der Waals surface area (Å²) in [5, 5.41) is 6.25. The number of thioether (sulfide) groups is 1.